The molecule has 2 rings (SSSR count). The second-order valence-corrected chi connectivity index (χ2v) is 5.44. The Bertz CT molecular complexity index is 778. The van der Waals surface area contributed by atoms with E-state index in [9.17, 15) is 0 Å². The Kier molecular flexibility index (Phi) is 6.59. The summed E-state index contributed by atoms with van der Waals surface area (Å²) in [5.41, 5.74) is 5.24. The van der Waals surface area contributed by atoms with Crippen LogP contribution in [0.2, 0.25) is 0 Å². The maximum atomic E-state index is 5.30. The van der Waals surface area contributed by atoms with Crippen LogP contribution < -0.4 is 25.0 Å². The monoisotopic (exact) mass is 359 g/mol. The SMILES string of the molecule is COc1ccccc1NC(=S)N/N=C(\C)c1ccc(OC)c(OC)c1. The topological polar surface area (TPSA) is 64.1 Å². The molecule has 0 aliphatic heterocycles. The highest BCUT2D eigenvalue weighted by atomic mass is 32.1. The highest BCUT2D eigenvalue weighted by molar-refractivity contribution is 7.80. The molecule has 2 N–H and O–H groups in total. The largest absolute Gasteiger partial charge is 0.495 e. The van der Waals surface area contributed by atoms with Crippen LogP contribution in [0, 0.1) is 0 Å². The van der Waals surface area contributed by atoms with Crippen molar-refractivity contribution in [2.24, 2.45) is 5.10 Å². The number of thiocarbonyl (C=S) groups is 1. The molecule has 0 saturated heterocycles. The Labute approximate surface area is 152 Å². The minimum atomic E-state index is 0.365. The molecule has 132 valence electrons. The van der Waals surface area contributed by atoms with Crippen molar-refractivity contribution in [3.8, 4) is 17.2 Å². The molecular formula is C18H21N3O3S. The molecule has 0 aliphatic carbocycles. The Balaban J connectivity index is 2.06. The molecule has 0 spiro atoms. The highest BCUT2D eigenvalue weighted by Gasteiger charge is 2.07. The van der Waals surface area contributed by atoms with E-state index in [2.05, 4.69) is 15.8 Å². The fraction of sp³-hybridized carbons (Fsp3) is 0.222. The molecule has 0 fully saturated rings. The van der Waals surface area contributed by atoms with Crippen LogP contribution in [-0.2, 0) is 0 Å². The summed E-state index contributed by atoms with van der Waals surface area (Å²) in [4.78, 5) is 0. The van der Waals surface area contributed by atoms with Crippen molar-refractivity contribution in [1.29, 1.82) is 0 Å². The lowest BCUT2D eigenvalue weighted by Gasteiger charge is -2.12. The lowest BCUT2D eigenvalue weighted by atomic mass is 10.1. The number of nitrogens with zero attached hydrogens (tertiary/aromatic N) is 1. The van der Waals surface area contributed by atoms with E-state index in [0.717, 1.165) is 17.0 Å². The van der Waals surface area contributed by atoms with Crippen LogP contribution in [0.4, 0.5) is 5.69 Å². The fourth-order valence-corrected chi connectivity index (χ4v) is 2.31. The van der Waals surface area contributed by atoms with Gasteiger partial charge >= 0.3 is 0 Å². The van der Waals surface area contributed by atoms with Crippen molar-refractivity contribution in [1.82, 2.24) is 5.43 Å². The molecule has 7 heteroatoms. The lowest BCUT2D eigenvalue weighted by molar-refractivity contribution is 0.355. The number of rotatable bonds is 6. The molecular weight excluding hydrogens is 338 g/mol. The number of anilines is 1. The molecule has 25 heavy (non-hydrogen) atoms. The smallest absolute Gasteiger partial charge is 0.191 e. The minimum Gasteiger partial charge on any atom is -0.495 e. The first-order chi connectivity index (χ1) is 12.1. The molecule has 0 heterocycles. The molecule has 2 aromatic rings. The number of hydrogen-bond acceptors (Lipinski definition) is 5. The third-order valence-corrected chi connectivity index (χ3v) is 3.67. The third kappa shape index (κ3) is 4.84. The zero-order chi connectivity index (χ0) is 18.2. The van der Waals surface area contributed by atoms with Crippen LogP contribution in [0.5, 0.6) is 17.2 Å². The molecule has 0 saturated carbocycles. The quantitative estimate of drug-likeness (QED) is 0.468. The summed E-state index contributed by atoms with van der Waals surface area (Å²) >= 11 is 5.27. The van der Waals surface area contributed by atoms with Crippen LogP contribution in [0.15, 0.2) is 47.6 Å². The van der Waals surface area contributed by atoms with Gasteiger partial charge in [-0.1, -0.05) is 12.1 Å². The molecule has 2 aromatic carbocycles. The van der Waals surface area contributed by atoms with Gasteiger partial charge in [0.1, 0.15) is 5.75 Å². The molecule has 0 amide bonds. The Hall–Kier alpha value is -2.80. The first-order valence-electron chi connectivity index (χ1n) is 7.55. The predicted molar refractivity (Wildman–Crippen MR) is 104 cm³/mol. The van der Waals surface area contributed by atoms with Gasteiger partial charge in [0.15, 0.2) is 16.6 Å². The normalized spacial score (nSPS) is 10.8. The number of methoxy groups -OCH3 is 3. The number of hydrogen-bond donors (Lipinski definition) is 2. The molecule has 6 nitrogen and oxygen atoms in total. The minimum absolute atomic E-state index is 0.365. The zero-order valence-electron chi connectivity index (χ0n) is 14.6. The second kappa shape index (κ2) is 8.89. The van der Waals surface area contributed by atoms with Gasteiger partial charge in [0.05, 0.1) is 32.7 Å². The number of nitrogens with one attached hydrogen (secondary N) is 2. The average molecular weight is 359 g/mol. The summed E-state index contributed by atoms with van der Waals surface area (Å²) in [5.74, 6) is 2.01. The van der Waals surface area contributed by atoms with Crippen molar-refractivity contribution in [2.45, 2.75) is 6.92 Å². The van der Waals surface area contributed by atoms with Gasteiger partial charge in [0.2, 0.25) is 0 Å². The number of para-hydroxylation sites is 2. The van der Waals surface area contributed by atoms with Crippen molar-refractivity contribution in [3.63, 3.8) is 0 Å². The maximum Gasteiger partial charge on any atom is 0.191 e. The first kappa shape index (κ1) is 18.5. The lowest BCUT2D eigenvalue weighted by Crippen LogP contribution is -2.25. The second-order valence-electron chi connectivity index (χ2n) is 5.03. The fourth-order valence-electron chi connectivity index (χ4n) is 2.16. The Morgan fingerprint density at radius 2 is 1.60 bits per heavy atom. The van der Waals surface area contributed by atoms with Gasteiger partial charge < -0.3 is 19.5 Å². The van der Waals surface area contributed by atoms with E-state index in [-0.39, 0.29) is 0 Å². The third-order valence-electron chi connectivity index (χ3n) is 3.48. The van der Waals surface area contributed by atoms with Crippen LogP contribution in [0.1, 0.15) is 12.5 Å². The van der Waals surface area contributed by atoms with Crippen molar-refractivity contribution >= 4 is 28.7 Å². The van der Waals surface area contributed by atoms with E-state index in [1.54, 1.807) is 21.3 Å². The van der Waals surface area contributed by atoms with Crippen LogP contribution in [0.3, 0.4) is 0 Å². The molecule has 0 aromatic heterocycles. The summed E-state index contributed by atoms with van der Waals surface area (Å²) < 4.78 is 15.8. The number of ether oxygens (including phenoxy) is 3. The summed E-state index contributed by atoms with van der Waals surface area (Å²) in [6.45, 7) is 1.87. The van der Waals surface area contributed by atoms with Gasteiger partial charge in [-0.3, -0.25) is 5.43 Å². The molecule has 0 radical (unpaired) electrons. The summed E-state index contributed by atoms with van der Waals surface area (Å²) in [6, 6.07) is 13.1. The summed E-state index contributed by atoms with van der Waals surface area (Å²) in [5, 5.41) is 7.72. The van der Waals surface area contributed by atoms with E-state index in [4.69, 9.17) is 26.4 Å². The standard InChI is InChI=1S/C18H21N3O3S/c1-12(13-9-10-16(23-3)17(11-13)24-4)20-21-18(25)19-14-7-5-6-8-15(14)22-2/h5-11H,1-4H3,(H2,19,21,25)/b20-12+. The van der Waals surface area contributed by atoms with Crippen LogP contribution in [-0.4, -0.2) is 32.2 Å². The van der Waals surface area contributed by atoms with E-state index >= 15 is 0 Å². The van der Waals surface area contributed by atoms with Crippen molar-refractivity contribution in [3.05, 3.63) is 48.0 Å². The van der Waals surface area contributed by atoms with Gasteiger partial charge in [-0.2, -0.15) is 5.10 Å². The van der Waals surface area contributed by atoms with Crippen LogP contribution >= 0.6 is 12.2 Å². The van der Waals surface area contributed by atoms with E-state index in [1.807, 2.05) is 49.4 Å². The highest BCUT2D eigenvalue weighted by Crippen LogP contribution is 2.27. The molecule has 0 bridgehead atoms. The van der Waals surface area contributed by atoms with Gasteiger partial charge in [0, 0.05) is 5.56 Å². The van der Waals surface area contributed by atoms with E-state index in [0.29, 0.717) is 22.4 Å². The van der Waals surface area contributed by atoms with Crippen molar-refractivity contribution < 1.29 is 14.2 Å². The van der Waals surface area contributed by atoms with Crippen LogP contribution in [0.25, 0.3) is 0 Å². The van der Waals surface area contributed by atoms with Gasteiger partial charge in [0.25, 0.3) is 0 Å². The first-order valence-corrected chi connectivity index (χ1v) is 7.96. The van der Waals surface area contributed by atoms with E-state index in [1.165, 1.54) is 0 Å². The van der Waals surface area contributed by atoms with E-state index < -0.39 is 0 Å². The average Bonchev–Trinajstić information content (AvgIpc) is 2.65. The summed E-state index contributed by atoms with van der Waals surface area (Å²) in [6.07, 6.45) is 0. The molecule has 0 aliphatic rings. The number of benzene rings is 2. The summed E-state index contributed by atoms with van der Waals surface area (Å²) in [7, 11) is 4.80. The zero-order valence-corrected chi connectivity index (χ0v) is 15.4. The Morgan fingerprint density at radius 3 is 2.28 bits per heavy atom. The number of hydrazone groups is 1. The maximum absolute atomic E-state index is 5.30. The molecule has 0 atom stereocenters. The van der Waals surface area contributed by atoms with Crippen molar-refractivity contribution in [2.75, 3.05) is 26.6 Å². The molecule has 0 unspecified atom stereocenters. The Morgan fingerprint density at radius 1 is 0.920 bits per heavy atom. The van der Waals surface area contributed by atoms with Gasteiger partial charge in [-0.05, 0) is 49.5 Å². The van der Waals surface area contributed by atoms with Gasteiger partial charge in [-0.15, -0.1) is 0 Å². The predicted octanol–water partition coefficient (Wildman–Crippen LogP) is 3.42. The van der Waals surface area contributed by atoms with Gasteiger partial charge in [-0.25, -0.2) is 0 Å².